The number of nitrogens with one attached hydrogen (secondary N) is 1. The van der Waals surface area contributed by atoms with E-state index in [9.17, 15) is 9.18 Å². The molecule has 1 aromatic carbocycles. The minimum absolute atomic E-state index is 0.0287. The molecular weight excluding hydrogens is 434 g/mol. The number of likely N-dealkylation sites (N-methyl/N-ethyl adjacent to an activating group) is 1. The number of nitrogens with two attached hydrogens (primary N) is 1. The Kier molecular flexibility index (Phi) is 5.10. The second-order valence-corrected chi connectivity index (χ2v) is 10.6. The van der Waals surface area contributed by atoms with Gasteiger partial charge in [-0.3, -0.25) is 0 Å². The van der Waals surface area contributed by atoms with Crippen LogP contribution in [0, 0.1) is 5.82 Å². The summed E-state index contributed by atoms with van der Waals surface area (Å²) in [5.74, 6) is 0.446. The van der Waals surface area contributed by atoms with Crippen molar-refractivity contribution in [2.24, 2.45) is 10.7 Å². The number of hydrogen-bond acceptors (Lipinski definition) is 5. The van der Waals surface area contributed by atoms with E-state index in [1.54, 1.807) is 12.1 Å². The van der Waals surface area contributed by atoms with E-state index in [4.69, 9.17) is 5.73 Å². The molecule has 0 saturated carbocycles. The fraction of sp³-hybridized carbons (Fsp3) is 0.375. The number of carbonyl (C=O) groups excluding carboxylic acids is 1. The summed E-state index contributed by atoms with van der Waals surface area (Å²) in [4.78, 5) is 18.8. The van der Waals surface area contributed by atoms with Crippen LogP contribution >= 0.6 is 11.8 Å². The summed E-state index contributed by atoms with van der Waals surface area (Å²) in [6.45, 7) is 1.88. The van der Waals surface area contributed by atoms with E-state index in [0.29, 0.717) is 22.8 Å². The fourth-order valence-corrected chi connectivity index (χ4v) is 6.79. The van der Waals surface area contributed by atoms with Crippen molar-refractivity contribution in [3.05, 3.63) is 39.9 Å². The van der Waals surface area contributed by atoms with Crippen LogP contribution in [0.5, 0.6) is 0 Å². The standard InChI is InChI=1S/C16H19FN4OS.Sn/c1-4-21(3)10-14(22)19-11-5-6-13(17)12(9-11)16(2)7-8-23-15(18)20-16;/h1,4-6,9-10H,7-8H2,2-3H3,(H2,18,20)(H,19,22);. The number of hydrogen-bond donors (Lipinski definition) is 2. The van der Waals surface area contributed by atoms with E-state index >= 15 is 0 Å². The van der Waals surface area contributed by atoms with Gasteiger partial charge in [0.2, 0.25) is 0 Å². The number of nitrogens with zero attached hydrogens (tertiary/aromatic N) is 2. The first kappa shape index (κ1) is 17.6. The first-order chi connectivity index (χ1) is 11.4. The van der Waals surface area contributed by atoms with E-state index in [-0.39, 0.29) is 15.8 Å². The first-order valence-electron chi connectivity index (χ1n) is 7.63. The van der Waals surface area contributed by atoms with Gasteiger partial charge < -0.3 is 0 Å². The zero-order chi connectivity index (χ0) is 17.3. The maximum atomic E-state index is 14.4. The predicted octanol–water partition coefficient (Wildman–Crippen LogP) is 1.88. The molecule has 2 heterocycles. The SMILES string of the molecule is CN1C=[CH][Sn][CH]1C(=O)Nc1ccc(F)c(C2(C)CCSC(N)=N2)c1. The molecule has 24 heavy (non-hydrogen) atoms. The molecular formula is C16H19FN4OSSn. The Bertz CT molecular complexity index is 726. The molecule has 0 bridgehead atoms. The molecule has 2 atom stereocenters. The third-order valence-electron chi connectivity index (χ3n) is 4.23. The monoisotopic (exact) mass is 454 g/mol. The normalized spacial score (nSPS) is 26.4. The van der Waals surface area contributed by atoms with Gasteiger partial charge in [-0.25, -0.2) is 0 Å². The second kappa shape index (κ2) is 6.95. The number of halogens is 1. The molecule has 126 valence electrons. The summed E-state index contributed by atoms with van der Waals surface area (Å²) >= 11 is 0.608. The van der Waals surface area contributed by atoms with Crippen LogP contribution in [0.25, 0.3) is 0 Å². The van der Waals surface area contributed by atoms with Gasteiger partial charge >= 0.3 is 155 Å². The van der Waals surface area contributed by atoms with Crippen molar-refractivity contribution in [2.45, 2.75) is 22.9 Å². The number of anilines is 1. The molecule has 0 spiro atoms. The summed E-state index contributed by atoms with van der Waals surface area (Å²) in [6.07, 6.45) is 2.67. The molecule has 3 rings (SSSR count). The first-order valence-corrected chi connectivity index (χ1v) is 11.9. The Morgan fingerprint density at radius 3 is 3.04 bits per heavy atom. The number of benzene rings is 1. The molecule has 2 radical (unpaired) electrons. The van der Waals surface area contributed by atoms with Crippen LogP contribution in [0.3, 0.4) is 0 Å². The van der Waals surface area contributed by atoms with Gasteiger partial charge in [-0.15, -0.1) is 0 Å². The predicted molar refractivity (Wildman–Crippen MR) is 97.5 cm³/mol. The van der Waals surface area contributed by atoms with Crippen LogP contribution in [0.15, 0.2) is 33.5 Å². The molecule has 8 heteroatoms. The molecule has 0 aliphatic carbocycles. The van der Waals surface area contributed by atoms with Crippen molar-refractivity contribution >= 4 is 49.7 Å². The van der Waals surface area contributed by atoms with Crippen molar-refractivity contribution in [2.75, 3.05) is 18.1 Å². The zero-order valence-corrected chi connectivity index (χ0v) is 17.2. The summed E-state index contributed by atoms with van der Waals surface area (Å²) in [5, 5.41) is 3.40. The third-order valence-corrected chi connectivity index (χ3v) is 8.81. The van der Waals surface area contributed by atoms with Gasteiger partial charge in [0, 0.05) is 0 Å². The maximum absolute atomic E-state index is 14.4. The minimum atomic E-state index is -0.874. The molecule has 0 fully saturated rings. The average molecular weight is 453 g/mol. The van der Waals surface area contributed by atoms with Gasteiger partial charge in [-0.2, -0.15) is 0 Å². The van der Waals surface area contributed by atoms with Crippen molar-refractivity contribution < 1.29 is 9.18 Å². The van der Waals surface area contributed by atoms with Crippen LogP contribution in [-0.4, -0.2) is 54.0 Å². The number of rotatable bonds is 3. The summed E-state index contributed by atoms with van der Waals surface area (Å²) < 4.78 is 16.5. The van der Waals surface area contributed by atoms with E-state index in [1.807, 2.05) is 25.1 Å². The molecule has 2 aliphatic heterocycles. The van der Waals surface area contributed by atoms with Crippen LogP contribution in [0.1, 0.15) is 18.9 Å². The van der Waals surface area contributed by atoms with E-state index in [0.717, 1.165) is 5.75 Å². The summed E-state index contributed by atoms with van der Waals surface area (Å²) in [7, 11) is 1.91. The Balaban J connectivity index is 1.84. The molecule has 2 unspecified atom stereocenters. The van der Waals surface area contributed by atoms with Crippen LogP contribution in [0.2, 0.25) is 0 Å². The van der Waals surface area contributed by atoms with Crippen molar-refractivity contribution in [1.29, 1.82) is 0 Å². The van der Waals surface area contributed by atoms with Crippen molar-refractivity contribution in [3.63, 3.8) is 0 Å². The third kappa shape index (κ3) is 3.56. The van der Waals surface area contributed by atoms with E-state index in [2.05, 4.69) is 14.4 Å². The number of aliphatic imine (C=N–C) groups is 1. The molecule has 1 aromatic rings. The molecule has 3 N–H and O–H groups in total. The number of amidine groups is 1. The van der Waals surface area contributed by atoms with Gasteiger partial charge in [0.25, 0.3) is 0 Å². The van der Waals surface area contributed by atoms with Crippen molar-refractivity contribution in [3.8, 4) is 0 Å². The Hall–Kier alpha value is -1.22. The van der Waals surface area contributed by atoms with Crippen LogP contribution in [0.4, 0.5) is 10.1 Å². The molecule has 1 amide bonds. The fourth-order valence-electron chi connectivity index (χ4n) is 2.82. The van der Waals surface area contributed by atoms with Gasteiger partial charge in [0.1, 0.15) is 0 Å². The Morgan fingerprint density at radius 1 is 1.58 bits per heavy atom. The molecule has 0 saturated heterocycles. The summed E-state index contributed by atoms with van der Waals surface area (Å²) in [6, 6.07) is 4.67. The van der Waals surface area contributed by atoms with Gasteiger partial charge in [-0.1, -0.05) is 0 Å². The molecule has 2 aliphatic rings. The van der Waals surface area contributed by atoms with E-state index < -0.39 is 26.7 Å². The van der Waals surface area contributed by atoms with E-state index in [1.165, 1.54) is 17.8 Å². The number of thioether (sulfide) groups is 1. The van der Waals surface area contributed by atoms with Gasteiger partial charge in [-0.05, 0) is 0 Å². The number of amides is 1. The summed E-state index contributed by atoms with van der Waals surface area (Å²) in [5.41, 5.74) is 6.21. The topological polar surface area (TPSA) is 70.7 Å². The van der Waals surface area contributed by atoms with Crippen LogP contribution < -0.4 is 11.1 Å². The quantitative estimate of drug-likeness (QED) is 0.687. The Labute approximate surface area is 155 Å². The number of carbonyl (C=O) groups is 1. The average Bonchev–Trinajstić information content (AvgIpc) is 2.95. The second-order valence-electron chi connectivity index (χ2n) is 6.06. The molecule has 5 nitrogen and oxygen atoms in total. The van der Waals surface area contributed by atoms with Gasteiger partial charge in [0.15, 0.2) is 0 Å². The van der Waals surface area contributed by atoms with Crippen molar-refractivity contribution in [1.82, 2.24) is 4.90 Å². The van der Waals surface area contributed by atoms with Crippen LogP contribution in [-0.2, 0) is 10.3 Å². The molecule has 0 aromatic heterocycles. The van der Waals surface area contributed by atoms with Gasteiger partial charge in [0.05, 0.1) is 0 Å². The Morgan fingerprint density at radius 2 is 2.38 bits per heavy atom. The zero-order valence-electron chi connectivity index (χ0n) is 13.5.